The van der Waals surface area contributed by atoms with Crippen LogP contribution in [-0.2, 0) is 9.59 Å². The molecule has 2 saturated heterocycles. The van der Waals surface area contributed by atoms with E-state index in [-0.39, 0.29) is 29.7 Å². The number of hydrogen-bond acceptors (Lipinski definition) is 5. The standard InChI is InChI=1S/C17H21N3O4S/c1-16(2)3-10(16)13(21)20-7-17(8-20)6-19(5-11(17)15(23)24)14(22)12-4-18-9-25-12/h4,9-11H,3,5-8H2,1-2H3,(H,23,24)/t10-,11?/m1/s1. The topological polar surface area (TPSA) is 90.8 Å². The second kappa shape index (κ2) is 5.27. The Morgan fingerprint density at radius 2 is 1.84 bits per heavy atom. The number of thiazole rings is 1. The molecular weight excluding hydrogens is 342 g/mol. The van der Waals surface area contributed by atoms with Gasteiger partial charge in [-0.25, -0.2) is 0 Å². The maximum absolute atomic E-state index is 12.5. The van der Waals surface area contributed by atoms with E-state index in [0.717, 1.165) is 6.42 Å². The minimum atomic E-state index is -0.890. The molecule has 0 radical (unpaired) electrons. The Morgan fingerprint density at radius 1 is 1.20 bits per heavy atom. The van der Waals surface area contributed by atoms with Gasteiger partial charge in [0.15, 0.2) is 0 Å². The normalized spacial score (nSPS) is 28.7. The highest BCUT2D eigenvalue weighted by molar-refractivity contribution is 7.11. The molecule has 1 aromatic rings. The van der Waals surface area contributed by atoms with E-state index in [0.29, 0.717) is 24.5 Å². The number of carbonyl (C=O) groups excluding carboxylic acids is 2. The minimum absolute atomic E-state index is 0.0597. The van der Waals surface area contributed by atoms with Crippen molar-refractivity contribution in [2.75, 3.05) is 26.2 Å². The second-order valence-electron chi connectivity index (χ2n) is 8.24. The summed E-state index contributed by atoms with van der Waals surface area (Å²) in [5, 5.41) is 9.62. The number of carboxylic acids is 1. The number of amides is 2. The van der Waals surface area contributed by atoms with E-state index < -0.39 is 17.3 Å². The predicted molar refractivity (Wildman–Crippen MR) is 90.0 cm³/mol. The van der Waals surface area contributed by atoms with Crippen LogP contribution in [0, 0.1) is 22.7 Å². The summed E-state index contributed by atoms with van der Waals surface area (Å²) in [5.41, 5.74) is 1.14. The minimum Gasteiger partial charge on any atom is -0.481 e. The van der Waals surface area contributed by atoms with E-state index >= 15 is 0 Å². The van der Waals surface area contributed by atoms with Crippen LogP contribution in [0.2, 0.25) is 0 Å². The zero-order valence-corrected chi connectivity index (χ0v) is 15.1. The van der Waals surface area contributed by atoms with Crippen LogP contribution in [0.5, 0.6) is 0 Å². The first-order valence-electron chi connectivity index (χ1n) is 8.43. The van der Waals surface area contributed by atoms with Gasteiger partial charge in [-0.1, -0.05) is 13.8 Å². The van der Waals surface area contributed by atoms with E-state index in [1.807, 2.05) is 0 Å². The first-order chi connectivity index (χ1) is 11.7. The zero-order valence-electron chi connectivity index (χ0n) is 14.3. The van der Waals surface area contributed by atoms with Crippen LogP contribution in [0.1, 0.15) is 29.9 Å². The first kappa shape index (κ1) is 16.5. The third-order valence-electron chi connectivity index (χ3n) is 6.01. The van der Waals surface area contributed by atoms with Gasteiger partial charge >= 0.3 is 5.97 Å². The third-order valence-corrected chi connectivity index (χ3v) is 6.77. The smallest absolute Gasteiger partial charge is 0.309 e. The molecule has 2 amide bonds. The van der Waals surface area contributed by atoms with Crippen molar-refractivity contribution in [2.24, 2.45) is 22.7 Å². The highest BCUT2D eigenvalue weighted by Gasteiger charge is 2.62. The number of hydrogen-bond donors (Lipinski definition) is 1. The van der Waals surface area contributed by atoms with Crippen LogP contribution < -0.4 is 0 Å². The highest BCUT2D eigenvalue weighted by Crippen LogP contribution is 2.54. The number of carboxylic acid groups (broad SMARTS) is 1. The van der Waals surface area contributed by atoms with Gasteiger partial charge in [-0.2, -0.15) is 0 Å². The molecule has 3 heterocycles. The van der Waals surface area contributed by atoms with Gasteiger partial charge < -0.3 is 14.9 Å². The Hall–Kier alpha value is -1.96. The van der Waals surface area contributed by atoms with Gasteiger partial charge in [-0.05, 0) is 11.8 Å². The van der Waals surface area contributed by atoms with Crippen LogP contribution in [0.4, 0.5) is 0 Å². The number of aromatic nitrogens is 1. The molecule has 8 heteroatoms. The summed E-state index contributed by atoms with van der Waals surface area (Å²) in [6, 6.07) is 0. The fourth-order valence-corrected chi connectivity index (χ4v) is 4.83. The summed E-state index contributed by atoms with van der Waals surface area (Å²) >= 11 is 1.26. The number of rotatable bonds is 3. The van der Waals surface area contributed by atoms with Crippen LogP contribution in [-0.4, -0.2) is 63.9 Å². The summed E-state index contributed by atoms with van der Waals surface area (Å²) in [6.07, 6.45) is 2.41. The zero-order chi connectivity index (χ0) is 18.0. The van der Waals surface area contributed by atoms with Gasteiger partial charge in [0.25, 0.3) is 5.91 Å². The van der Waals surface area contributed by atoms with Crippen LogP contribution in [0.15, 0.2) is 11.7 Å². The van der Waals surface area contributed by atoms with E-state index in [9.17, 15) is 19.5 Å². The first-order valence-corrected chi connectivity index (χ1v) is 9.31. The van der Waals surface area contributed by atoms with E-state index in [1.54, 1.807) is 15.3 Å². The van der Waals surface area contributed by atoms with Crippen molar-refractivity contribution in [3.8, 4) is 0 Å². The number of carbonyl (C=O) groups is 3. The van der Waals surface area contributed by atoms with Gasteiger partial charge in [0.2, 0.25) is 5.91 Å². The summed E-state index contributed by atoms with van der Waals surface area (Å²) < 4.78 is 0. The lowest BCUT2D eigenvalue weighted by atomic mass is 9.71. The molecule has 3 fully saturated rings. The van der Waals surface area contributed by atoms with Gasteiger partial charge in [-0.15, -0.1) is 11.3 Å². The molecule has 1 saturated carbocycles. The monoisotopic (exact) mass is 363 g/mol. The molecule has 1 N–H and O–H groups in total. The van der Waals surface area contributed by atoms with Crippen molar-refractivity contribution in [2.45, 2.75) is 20.3 Å². The maximum atomic E-state index is 12.5. The maximum Gasteiger partial charge on any atom is 0.309 e. The average Bonchev–Trinajstić information content (AvgIpc) is 2.96. The average molecular weight is 363 g/mol. The van der Waals surface area contributed by atoms with Gasteiger partial charge in [0, 0.05) is 37.5 Å². The Kier molecular flexibility index (Phi) is 3.48. The Morgan fingerprint density at radius 3 is 2.36 bits per heavy atom. The molecule has 1 aliphatic carbocycles. The molecule has 1 unspecified atom stereocenters. The highest BCUT2D eigenvalue weighted by atomic mass is 32.1. The van der Waals surface area contributed by atoms with Gasteiger partial charge in [0.1, 0.15) is 4.88 Å². The lowest BCUT2D eigenvalue weighted by molar-refractivity contribution is -0.158. The van der Waals surface area contributed by atoms with E-state index in [1.165, 1.54) is 17.5 Å². The van der Waals surface area contributed by atoms with Crippen molar-refractivity contribution < 1.29 is 19.5 Å². The molecule has 1 spiro atoms. The lowest BCUT2D eigenvalue weighted by Gasteiger charge is -2.50. The fourth-order valence-electron chi connectivity index (χ4n) is 4.24. The second-order valence-corrected chi connectivity index (χ2v) is 9.13. The van der Waals surface area contributed by atoms with E-state index in [4.69, 9.17) is 0 Å². The molecule has 134 valence electrons. The van der Waals surface area contributed by atoms with E-state index in [2.05, 4.69) is 18.8 Å². The summed E-state index contributed by atoms with van der Waals surface area (Å²) in [7, 11) is 0. The molecule has 1 aromatic heterocycles. The molecule has 7 nitrogen and oxygen atoms in total. The molecule has 4 rings (SSSR count). The Labute approximate surface area is 149 Å². The Bertz CT molecular complexity index is 739. The molecule has 2 aliphatic heterocycles. The molecule has 0 aromatic carbocycles. The quantitative estimate of drug-likeness (QED) is 0.871. The van der Waals surface area contributed by atoms with Crippen molar-refractivity contribution in [1.29, 1.82) is 0 Å². The molecule has 3 aliphatic rings. The number of aliphatic carboxylic acids is 1. The van der Waals surface area contributed by atoms with Crippen LogP contribution in [0.3, 0.4) is 0 Å². The largest absolute Gasteiger partial charge is 0.481 e. The van der Waals surface area contributed by atoms with Gasteiger partial charge in [0.05, 0.1) is 17.6 Å². The molecule has 25 heavy (non-hydrogen) atoms. The predicted octanol–water partition coefficient (Wildman–Crippen LogP) is 1.17. The molecule has 0 bridgehead atoms. The van der Waals surface area contributed by atoms with Crippen molar-refractivity contribution in [3.63, 3.8) is 0 Å². The van der Waals surface area contributed by atoms with Gasteiger partial charge in [-0.3, -0.25) is 19.4 Å². The lowest BCUT2D eigenvalue weighted by Crippen LogP contribution is -2.63. The fraction of sp³-hybridized carbons (Fsp3) is 0.647. The SMILES string of the molecule is CC1(C)C[C@@H]1C(=O)N1CC2(CN(C(=O)c3cncs3)CC2C(=O)O)C1. The third kappa shape index (κ3) is 2.54. The summed E-state index contributed by atoms with van der Waals surface area (Å²) in [6.45, 7) is 5.61. The molecule has 2 atom stereocenters. The number of nitrogens with zero attached hydrogens (tertiary/aromatic N) is 3. The summed E-state index contributed by atoms with van der Waals surface area (Å²) in [5.74, 6) is -1.49. The Balaban J connectivity index is 1.47. The van der Waals surface area contributed by atoms with Crippen LogP contribution in [0.25, 0.3) is 0 Å². The van der Waals surface area contributed by atoms with Crippen molar-refractivity contribution in [3.05, 3.63) is 16.6 Å². The van der Waals surface area contributed by atoms with Crippen molar-refractivity contribution >= 4 is 29.1 Å². The summed E-state index contributed by atoms with van der Waals surface area (Å²) in [4.78, 5) is 44.6. The van der Waals surface area contributed by atoms with Crippen molar-refractivity contribution in [1.82, 2.24) is 14.8 Å². The molecular formula is C17H21N3O4S. The number of likely N-dealkylation sites (tertiary alicyclic amines) is 2. The van der Waals surface area contributed by atoms with Crippen LogP contribution >= 0.6 is 11.3 Å².